The van der Waals surface area contributed by atoms with Crippen LogP contribution in [0.25, 0.3) is 11.3 Å². The highest BCUT2D eigenvalue weighted by atomic mass is 16.5. The highest BCUT2D eigenvalue weighted by Gasteiger charge is 2.39. The fourth-order valence-electron chi connectivity index (χ4n) is 3.58. The Hall–Kier alpha value is -3.49. The molecule has 1 aromatic heterocycles. The molecule has 2 aromatic rings. The van der Waals surface area contributed by atoms with Crippen molar-refractivity contribution in [3.63, 3.8) is 0 Å². The van der Waals surface area contributed by atoms with Crippen LogP contribution >= 0.6 is 0 Å². The van der Waals surface area contributed by atoms with Gasteiger partial charge >= 0.3 is 0 Å². The lowest BCUT2D eigenvalue weighted by atomic mass is 10.0. The molecule has 2 aliphatic rings. The van der Waals surface area contributed by atoms with E-state index in [9.17, 15) is 19.2 Å². The molecule has 0 aliphatic carbocycles. The first-order valence-corrected chi connectivity index (χ1v) is 9.46. The summed E-state index contributed by atoms with van der Waals surface area (Å²) >= 11 is 0. The van der Waals surface area contributed by atoms with E-state index in [1.54, 1.807) is 25.1 Å². The molecule has 0 bridgehead atoms. The summed E-state index contributed by atoms with van der Waals surface area (Å²) in [6, 6.07) is 6.44. The molecule has 4 rings (SSSR count). The lowest BCUT2D eigenvalue weighted by Gasteiger charge is -2.29. The number of hydrogen-bond donors (Lipinski definition) is 2. The third-order valence-electron chi connectivity index (χ3n) is 5.16. The van der Waals surface area contributed by atoms with E-state index in [2.05, 4.69) is 15.8 Å². The zero-order chi connectivity index (χ0) is 20.5. The van der Waals surface area contributed by atoms with Crippen molar-refractivity contribution < 1.29 is 23.7 Å². The van der Waals surface area contributed by atoms with E-state index in [0.29, 0.717) is 36.4 Å². The van der Waals surface area contributed by atoms with Gasteiger partial charge in [-0.05, 0) is 24.1 Å². The van der Waals surface area contributed by atoms with Gasteiger partial charge in [0.05, 0.1) is 6.54 Å². The van der Waals surface area contributed by atoms with E-state index < -0.39 is 11.9 Å². The van der Waals surface area contributed by atoms with Crippen LogP contribution in [-0.4, -0.2) is 39.7 Å². The van der Waals surface area contributed by atoms with Gasteiger partial charge < -0.3 is 14.7 Å². The molecule has 1 saturated heterocycles. The molecule has 1 unspecified atom stereocenters. The van der Waals surface area contributed by atoms with E-state index in [1.807, 2.05) is 6.07 Å². The normalized spacial score (nSPS) is 18.6. The van der Waals surface area contributed by atoms with Crippen molar-refractivity contribution >= 4 is 23.6 Å². The third-order valence-corrected chi connectivity index (χ3v) is 5.16. The predicted molar refractivity (Wildman–Crippen MR) is 100 cm³/mol. The third kappa shape index (κ3) is 3.63. The van der Waals surface area contributed by atoms with Crippen LogP contribution in [0.5, 0.6) is 0 Å². The van der Waals surface area contributed by atoms with Crippen LogP contribution in [0.1, 0.15) is 47.9 Å². The van der Waals surface area contributed by atoms with Gasteiger partial charge in [0, 0.05) is 36.6 Å². The van der Waals surface area contributed by atoms with Crippen LogP contribution < -0.4 is 10.6 Å². The molecular weight excluding hydrogens is 376 g/mol. The summed E-state index contributed by atoms with van der Waals surface area (Å²) in [4.78, 5) is 49.1. The number of fused-ring (bicyclic) bond motifs is 1. The number of hydrogen-bond acceptors (Lipinski definition) is 6. The van der Waals surface area contributed by atoms with Gasteiger partial charge in [0.15, 0.2) is 5.76 Å². The Balaban J connectivity index is 1.51. The molecule has 0 radical (unpaired) electrons. The van der Waals surface area contributed by atoms with Gasteiger partial charge in [0.25, 0.3) is 5.91 Å². The Morgan fingerprint density at radius 1 is 1.31 bits per heavy atom. The van der Waals surface area contributed by atoms with Crippen molar-refractivity contribution in [3.8, 4) is 11.3 Å². The van der Waals surface area contributed by atoms with Crippen molar-refractivity contribution in [1.29, 1.82) is 0 Å². The number of carbonyl (C=O) groups excluding carboxylic acids is 4. The average molecular weight is 396 g/mol. The fraction of sp³-hybridized carbons (Fsp3) is 0.350. The van der Waals surface area contributed by atoms with Crippen LogP contribution in [-0.2, 0) is 27.5 Å². The van der Waals surface area contributed by atoms with Crippen LogP contribution in [0.4, 0.5) is 0 Å². The lowest BCUT2D eigenvalue weighted by Crippen LogP contribution is -2.52. The summed E-state index contributed by atoms with van der Waals surface area (Å²) in [5, 5.41) is 9.06. The minimum absolute atomic E-state index is 0.0764. The molecule has 0 saturated carbocycles. The average Bonchev–Trinajstić information content (AvgIpc) is 3.31. The summed E-state index contributed by atoms with van der Waals surface area (Å²) < 4.78 is 5.27. The zero-order valence-electron chi connectivity index (χ0n) is 15.9. The first-order valence-electron chi connectivity index (χ1n) is 9.46. The molecule has 3 heterocycles. The molecule has 1 atom stereocenters. The number of piperidine rings is 1. The van der Waals surface area contributed by atoms with Crippen molar-refractivity contribution in [1.82, 2.24) is 20.7 Å². The summed E-state index contributed by atoms with van der Waals surface area (Å²) in [5.41, 5.74) is 2.71. The summed E-state index contributed by atoms with van der Waals surface area (Å²) in [6.45, 7) is 2.32. The highest BCUT2D eigenvalue weighted by Crippen LogP contribution is 2.31. The van der Waals surface area contributed by atoms with Crippen molar-refractivity contribution in [2.75, 3.05) is 0 Å². The molecule has 2 N–H and O–H groups in total. The quantitative estimate of drug-likeness (QED) is 0.731. The highest BCUT2D eigenvalue weighted by molar-refractivity contribution is 6.05. The second-order valence-electron chi connectivity index (χ2n) is 7.08. The number of rotatable bonds is 5. The van der Waals surface area contributed by atoms with Crippen LogP contribution in [0.3, 0.4) is 0 Å². The maximum atomic E-state index is 12.7. The Morgan fingerprint density at radius 3 is 2.90 bits per heavy atom. The first kappa shape index (κ1) is 18.9. The first-order chi connectivity index (χ1) is 14.0. The molecule has 0 spiro atoms. The van der Waals surface area contributed by atoms with Crippen LogP contribution in [0.2, 0.25) is 0 Å². The smallest absolute Gasteiger partial charge is 0.255 e. The minimum Gasteiger partial charge on any atom is -0.359 e. The maximum absolute atomic E-state index is 12.7. The number of nitrogens with zero attached hydrogens (tertiary/aromatic N) is 2. The van der Waals surface area contributed by atoms with Gasteiger partial charge in [0.2, 0.25) is 17.7 Å². The van der Waals surface area contributed by atoms with E-state index in [4.69, 9.17) is 4.52 Å². The molecule has 9 heteroatoms. The second-order valence-corrected chi connectivity index (χ2v) is 7.08. The molecule has 150 valence electrons. The molecule has 9 nitrogen and oxygen atoms in total. The van der Waals surface area contributed by atoms with E-state index >= 15 is 0 Å². The summed E-state index contributed by atoms with van der Waals surface area (Å²) in [7, 11) is 0. The number of amides is 4. The van der Waals surface area contributed by atoms with Gasteiger partial charge in [-0.3, -0.25) is 24.5 Å². The van der Waals surface area contributed by atoms with Crippen LogP contribution in [0, 0.1) is 0 Å². The van der Waals surface area contributed by atoms with Crippen molar-refractivity contribution in [2.24, 2.45) is 0 Å². The summed E-state index contributed by atoms with van der Waals surface area (Å²) in [6.07, 6.45) is 0.939. The van der Waals surface area contributed by atoms with E-state index in [-0.39, 0.29) is 30.7 Å². The molecule has 1 aromatic carbocycles. The molecule has 29 heavy (non-hydrogen) atoms. The fourth-order valence-corrected chi connectivity index (χ4v) is 3.58. The van der Waals surface area contributed by atoms with Gasteiger partial charge in [0.1, 0.15) is 11.7 Å². The topological polar surface area (TPSA) is 122 Å². The summed E-state index contributed by atoms with van der Waals surface area (Å²) in [5.74, 6) is -0.507. The predicted octanol–water partition coefficient (Wildman–Crippen LogP) is 1.13. The Kier molecular flexibility index (Phi) is 4.87. The Bertz CT molecular complexity index is 1010. The van der Waals surface area contributed by atoms with Gasteiger partial charge in [-0.2, -0.15) is 0 Å². The van der Waals surface area contributed by atoms with Crippen LogP contribution in [0.15, 0.2) is 28.8 Å². The number of carbonyl (C=O) groups is 4. The SMILES string of the molecule is CCC(=O)NCc1cc(-c2ccc3c(c2)CN(C2CCC(=O)NC2=O)C3=O)no1. The number of benzene rings is 1. The zero-order valence-corrected chi connectivity index (χ0v) is 15.9. The van der Waals surface area contributed by atoms with Gasteiger partial charge in [-0.15, -0.1) is 0 Å². The number of nitrogens with one attached hydrogen (secondary N) is 2. The Labute approximate surface area is 166 Å². The lowest BCUT2D eigenvalue weighted by molar-refractivity contribution is -0.137. The molecule has 1 fully saturated rings. The maximum Gasteiger partial charge on any atom is 0.255 e. The monoisotopic (exact) mass is 396 g/mol. The van der Waals surface area contributed by atoms with Gasteiger partial charge in [-0.1, -0.05) is 18.1 Å². The van der Waals surface area contributed by atoms with E-state index in [1.165, 1.54) is 4.90 Å². The minimum atomic E-state index is -0.642. The van der Waals surface area contributed by atoms with Crippen molar-refractivity contribution in [2.45, 2.75) is 45.3 Å². The van der Waals surface area contributed by atoms with Crippen molar-refractivity contribution in [3.05, 3.63) is 41.2 Å². The number of imide groups is 1. The van der Waals surface area contributed by atoms with E-state index in [0.717, 1.165) is 11.1 Å². The standard InChI is InChI=1S/C20H20N4O5/c1-2-17(25)21-9-13-8-15(23-29-13)11-3-4-14-12(7-11)10-24(20(14)28)16-5-6-18(26)22-19(16)27/h3-4,7-8,16H,2,5-6,9-10H2,1H3,(H,21,25)(H,22,26,27). The molecular formula is C20H20N4O5. The molecule has 4 amide bonds. The largest absolute Gasteiger partial charge is 0.359 e. The van der Waals surface area contributed by atoms with Gasteiger partial charge in [-0.25, -0.2) is 0 Å². The Morgan fingerprint density at radius 2 is 2.14 bits per heavy atom. The number of aromatic nitrogens is 1. The molecule has 2 aliphatic heterocycles. The second kappa shape index (κ2) is 7.50.